The number of rotatable bonds is 21. The van der Waals surface area contributed by atoms with Crippen LogP contribution in [0.1, 0.15) is 167 Å². The molecule has 1 rings (SSSR count). The predicted octanol–water partition coefficient (Wildman–Crippen LogP) is 9.42. The molecule has 0 spiro atoms. The molecule has 2 heteroatoms. The fourth-order valence-electron chi connectivity index (χ4n) is 4.84. The number of hydrogen-bond donors (Lipinski definition) is 1. The van der Waals surface area contributed by atoms with Gasteiger partial charge in [-0.05, 0) is 32.6 Å². The molecule has 0 amide bonds. The Balaban J connectivity index is 2.36. The van der Waals surface area contributed by atoms with Crippen molar-refractivity contribution in [3.05, 3.63) is 18.2 Å². The monoisotopic (exact) mass is 419 g/mol. The maximum atomic E-state index is 3.64. The van der Waals surface area contributed by atoms with Gasteiger partial charge >= 0.3 is 0 Å². The molecule has 1 N–H and O–H groups in total. The molecule has 1 aromatic heterocycles. The normalized spacial score (nSPS) is 12.7. The molecule has 2 nitrogen and oxygen atoms in total. The first-order valence-corrected chi connectivity index (χ1v) is 13.8. The van der Waals surface area contributed by atoms with Crippen molar-refractivity contribution in [3.8, 4) is 0 Å². The fourth-order valence-corrected chi connectivity index (χ4v) is 4.84. The molecule has 176 valence electrons. The van der Waals surface area contributed by atoms with Crippen LogP contribution in [0.5, 0.6) is 0 Å². The zero-order chi connectivity index (χ0) is 21.9. The highest BCUT2D eigenvalue weighted by Crippen LogP contribution is 2.26. The van der Waals surface area contributed by atoms with E-state index in [0.29, 0.717) is 12.0 Å². The largest absolute Gasteiger partial charge is 0.257 e. The van der Waals surface area contributed by atoms with Crippen LogP contribution in [-0.4, -0.2) is 4.98 Å². The van der Waals surface area contributed by atoms with Crippen LogP contribution in [0.25, 0.3) is 0 Å². The van der Waals surface area contributed by atoms with Crippen LogP contribution >= 0.6 is 0 Å². The van der Waals surface area contributed by atoms with E-state index in [9.17, 15) is 0 Å². The second-order valence-corrected chi connectivity index (χ2v) is 9.76. The van der Waals surface area contributed by atoms with Crippen molar-refractivity contribution in [1.82, 2.24) is 4.98 Å². The van der Waals surface area contributed by atoms with Gasteiger partial charge in [0, 0.05) is 0 Å². The predicted molar refractivity (Wildman–Crippen MR) is 133 cm³/mol. The van der Waals surface area contributed by atoms with Gasteiger partial charge in [0.2, 0.25) is 0 Å². The number of hydrogen-bond acceptors (Lipinski definition) is 0. The van der Waals surface area contributed by atoms with Gasteiger partial charge in [-0.2, -0.15) is 0 Å². The minimum absolute atomic E-state index is 0.625. The van der Waals surface area contributed by atoms with Crippen molar-refractivity contribution >= 4 is 0 Å². The molecule has 0 aromatic carbocycles. The summed E-state index contributed by atoms with van der Waals surface area (Å²) >= 11 is 0. The van der Waals surface area contributed by atoms with Gasteiger partial charge in [-0.25, -0.2) is 9.55 Å². The van der Waals surface area contributed by atoms with Crippen LogP contribution in [0.15, 0.2) is 12.4 Å². The summed E-state index contributed by atoms with van der Waals surface area (Å²) in [5, 5.41) is 0. The van der Waals surface area contributed by atoms with E-state index in [2.05, 4.69) is 49.6 Å². The highest BCUT2D eigenvalue weighted by atomic mass is 15.1. The van der Waals surface area contributed by atoms with Gasteiger partial charge in [-0.15, -0.1) is 0 Å². The average molecular weight is 420 g/mol. The Labute approximate surface area is 189 Å². The molecule has 0 radical (unpaired) electrons. The maximum absolute atomic E-state index is 3.64. The number of nitrogens with one attached hydrogen (secondary N) is 1. The summed E-state index contributed by atoms with van der Waals surface area (Å²) in [4.78, 5) is 3.64. The van der Waals surface area contributed by atoms with Gasteiger partial charge in [0.15, 0.2) is 0 Å². The SMILES string of the molecule is CCCCCCCCCCCCC(C)[n+]1cc[nH]c1C(CCCCC)CCCCC. The smallest absolute Gasteiger partial charge is 0.247 e. The van der Waals surface area contributed by atoms with E-state index in [-0.39, 0.29) is 0 Å². The third-order valence-electron chi connectivity index (χ3n) is 6.89. The van der Waals surface area contributed by atoms with Gasteiger partial charge in [0.25, 0.3) is 5.82 Å². The highest BCUT2D eigenvalue weighted by molar-refractivity contribution is 4.90. The molecule has 1 atom stereocenters. The zero-order valence-corrected chi connectivity index (χ0v) is 21.2. The van der Waals surface area contributed by atoms with E-state index >= 15 is 0 Å². The zero-order valence-electron chi connectivity index (χ0n) is 21.2. The van der Waals surface area contributed by atoms with Crippen molar-refractivity contribution in [2.24, 2.45) is 0 Å². The van der Waals surface area contributed by atoms with Crippen molar-refractivity contribution in [1.29, 1.82) is 0 Å². The van der Waals surface area contributed by atoms with Gasteiger partial charge in [0.1, 0.15) is 12.4 Å². The molecule has 0 bridgehead atoms. The number of aromatic amines is 1. The Hall–Kier alpha value is -0.790. The van der Waals surface area contributed by atoms with Gasteiger partial charge in [0.05, 0.1) is 12.0 Å². The summed E-state index contributed by atoms with van der Waals surface area (Å²) < 4.78 is 2.58. The molecule has 0 aliphatic carbocycles. The Morgan fingerprint density at radius 3 is 1.60 bits per heavy atom. The number of unbranched alkanes of at least 4 members (excludes halogenated alkanes) is 13. The lowest BCUT2D eigenvalue weighted by Gasteiger charge is -2.17. The van der Waals surface area contributed by atoms with E-state index in [1.807, 2.05) is 0 Å². The molecule has 0 fully saturated rings. The highest BCUT2D eigenvalue weighted by Gasteiger charge is 2.25. The quantitative estimate of drug-likeness (QED) is 0.151. The molecular formula is C28H55N2+. The third kappa shape index (κ3) is 12.2. The number of aromatic nitrogens is 2. The Kier molecular flexibility index (Phi) is 17.2. The molecule has 1 unspecified atom stereocenters. The second kappa shape index (κ2) is 18.9. The van der Waals surface area contributed by atoms with Gasteiger partial charge in [-0.1, -0.05) is 117 Å². The van der Waals surface area contributed by atoms with E-state index in [0.717, 1.165) is 0 Å². The molecular weight excluding hydrogens is 364 g/mol. The minimum atomic E-state index is 0.625. The number of H-pyrrole nitrogens is 1. The summed E-state index contributed by atoms with van der Waals surface area (Å²) in [5.74, 6) is 2.22. The molecule has 0 saturated carbocycles. The summed E-state index contributed by atoms with van der Waals surface area (Å²) in [7, 11) is 0. The third-order valence-corrected chi connectivity index (χ3v) is 6.89. The van der Waals surface area contributed by atoms with E-state index in [4.69, 9.17) is 0 Å². The van der Waals surface area contributed by atoms with Crippen LogP contribution < -0.4 is 4.57 Å². The Morgan fingerprint density at radius 1 is 0.633 bits per heavy atom. The van der Waals surface area contributed by atoms with Crippen LogP contribution in [0.2, 0.25) is 0 Å². The molecule has 30 heavy (non-hydrogen) atoms. The van der Waals surface area contributed by atoms with Crippen LogP contribution in [0.3, 0.4) is 0 Å². The average Bonchev–Trinajstić information content (AvgIpc) is 3.24. The summed E-state index contributed by atoms with van der Waals surface area (Å²) in [6, 6.07) is 0.625. The maximum Gasteiger partial charge on any atom is 0.257 e. The standard InChI is InChI=1S/C28H54N2/c1-5-8-11-12-13-14-15-16-17-20-21-26(4)30-25-24-29-28(30)27(22-18-9-6-2)23-19-10-7-3/h24-27H,5-23H2,1-4H3/p+1. The summed E-state index contributed by atoms with van der Waals surface area (Å²) in [6.45, 7) is 9.36. The number of imidazole rings is 1. The van der Waals surface area contributed by atoms with Crippen molar-refractivity contribution in [3.63, 3.8) is 0 Å². The topological polar surface area (TPSA) is 19.7 Å². The van der Waals surface area contributed by atoms with Crippen LogP contribution in [0, 0.1) is 0 Å². The first-order chi connectivity index (χ1) is 14.7. The van der Waals surface area contributed by atoms with Crippen molar-refractivity contribution < 1.29 is 4.57 Å². The Morgan fingerprint density at radius 2 is 1.07 bits per heavy atom. The van der Waals surface area contributed by atoms with Crippen molar-refractivity contribution in [2.75, 3.05) is 0 Å². The summed E-state index contributed by atoms with van der Waals surface area (Å²) in [5.41, 5.74) is 0. The molecule has 1 heterocycles. The van der Waals surface area contributed by atoms with Crippen LogP contribution in [-0.2, 0) is 0 Å². The molecule has 0 saturated heterocycles. The molecule has 0 aliphatic rings. The van der Waals surface area contributed by atoms with E-state index in [1.54, 1.807) is 0 Å². The first kappa shape index (κ1) is 27.2. The number of nitrogens with zero attached hydrogens (tertiary/aromatic N) is 1. The fraction of sp³-hybridized carbons (Fsp3) is 0.893. The van der Waals surface area contributed by atoms with Crippen molar-refractivity contribution in [2.45, 2.75) is 162 Å². The summed E-state index contributed by atoms with van der Waals surface area (Å²) in [6.07, 6.45) is 30.9. The minimum Gasteiger partial charge on any atom is -0.247 e. The second-order valence-electron chi connectivity index (χ2n) is 9.76. The van der Waals surface area contributed by atoms with Gasteiger partial charge in [-0.3, -0.25) is 0 Å². The van der Waals surface area contributed by atoms with Crippen LogP contribution in [0.4, 0.5) is 0 Å². The molecule has 1 aromatic rings. The van der Waals surface area contributed by atoms with E-state index in [1.165, 1.54) is 128 Å². The van der Waals surface area contributed by atoms with Gasteiger partial charge < -0.3 is 0 Å². The van der Waals surface area contributed by atoms with E-state index < -0.39 is 0 Å². The lowest BCUT2D eigenvalue weighted by Crippen LogP contribution is -2.41. The Bertz CT molecular complexity index is 469. The first-order valence-electron chi connectivity index (χ1n) is 13.8. The lowest BCUT2D eigenvalue weighted by molar-refractivity contribution is -0.727. The lowest BCUT2D eigenvalue weighted by atomic mass is 9.93. The molecule has 0 aliphatic heterocycles.